The largest absolute Gasteiger partial charge is 0.507 e. The average molecular weight is 239 g/mol. The van der Waals surface area contributed by atoms with Gasteiger partial charge in [-0.05, 0) is 24.6 Å². The molecule has 3 N–H and O–H groups in total. The van der Waals surface area contributed by atoms with Crippen LogP contribution in [-0.2, 0) is 0 Å². The molecule has 94 valence electrons. The third-order valence-corrected chi connectivity index (χ3v) is 2.42. The second kappa shape index (κ2) is 6.10. The minimum Gasteiger partial charge on any atom is -0.507 e. The van der Waals surface area contributed by atoms with Crippen molar-refractivity contribution in [1.29, 1.82) is 0 Å². The number of rotatable bonds is 5. The van der Waals surface area contributed by atoms with E-state index in [0.29, 0.717) is 12.2 Å². The van der Waals surface area contributed by atoms with Gasteiger partial charge in [-0.2, -0.15) is 0 Å². The molecule has 0 heterocycles. The molecule has 0 aromatic heterocycles. The number of amides is 1. The van der Waals surface area contributed by atoms with Gasteiger partial charge in [-0.1, -0.05) is 6.92 Å². The van der Waals surface area contributed by atoms with Crippen molar-refractivity contribution in [3.63, 3.8) is 0 Å². The SMILES string of the molecule is CCC(O)CNC(=O)c1cc(OC)ccc1O. The first kappa shape index (κ1) is 13.3. The molecule has 1 aromatic carbocycles. The zero-order valence-electron chi connectivity index (χ0n) is 9.93. The van der Waals surface area contributed by atoms with E-state index in [0.717, 1.165) is 0 Å². The summed E-state index contributed by atoms with van der Waals surface area (Å²) in [6, 6.07) is 4.40. The van der Waals surface area contributed by atoms with Gasteiger partial charge in [0.05, 0.1) is 18.8 Å². The molecule has 5 nitrogen and oxygen atoms in total. The quantitative estimate of drug-likeness (QED) is 0.713. The van der Waals surface area contributed by atoms with Crippen molar-refractivity contribution in [3.8, 4) is 11.5 Å². The lowest BCUT2D eigenvalue weighted by molar-refractivity contribution is 0.0911. The molecular formula is C12H17NO4. The van der Waals surface area contributed by atoms with E-state index in [2.05, 4.69) is 5.32 Å². The van der Waals surface area contributed by atoms with E-state index in [1.54, 1.807) is 6.07 Å². The molecular weight excluding hydrogens is 222 g/mol. The highest BCUT2D eigenvalue weighted by Crippen LogP contribution is 2.22. The van der Waals surface area contributed by atoms with Crippen molar-refractivity contribution in [2.45, 2.75) is 19.4 Å². The summed E-state index contributed by atoms with van der Waals surface area (Å²) in [6.07, 6.45) is -0.0172. The van der Waals surface area contributed by atoms with Gasteiger partial charge in [0.25, 0.3) is 5.91 Å². The fourth-order valence-corrected chi connectivity index (χ4v) is 1.27. The summed E-state index contributed by atoms with van der Waals surface area (Å²) in [5.74, 6) is -0.0628. The molecule has 0 spiro atoms. The first-order valence-corrected chi connectivity index (χ1v) is 5.41. The number of ether oxygens (including phenoxy) is 1. The predicted molar refractivity (Wildman–Crippen MR) is 63.3 cm³/mol. The Morgan fingerprint density at radius 2 is 2.24 bits per heavy atom. The number of hydrogen-bond donors (Lipinski definition) is 3. The summed E-state index contributed by atoms with van der Waals surface area (Å²) < 4.78 is 4.97. The van der Waals surface area contributed by atoms with Crippen LogP contribution in [0, 0.1) is 0 Å². The summed E-state index contributed by atoms with van der Waals surface area (Å²) in [5, 5.41) is 21.4. The smallest absolute Gasteiger partial charge is 0.255 e. The zero-order valence-corrected chi connectivity index (χ0v) is 9.93. The highest BCUT2D eigenvalue weighted by atomic mass is 16.5. The van der Waals surface area contributed by atoms with Gasteiger partial charge in [0.15, 0.2) is 0 Å². The minimum absolute atomic E-state index is 0.116. The van der Waals surface area contributed by atoms with Crippen LogP contribution in [0.3, 0.4) is 0 Å². The maximum absolute atomic E-state index is 11.7. The Hall–Kier alpha value is -1.75. The molecule has 0 aliphatic carbocycles. The number of phenols is 1. The molecule has 0 saturated heterocycles. The highest BCUT2D eigenvalue weighted by molar-refractivity contribution is 5.97. The lowest BCUT2D eigenvalue weighted by Crippen LogP contribution is -2.31. The number of methoxy groups -OCH3 is 1. The van der Waals surface area contributed by atoms with Gasteiger partial charge in [0, 0.05) is 6.54 Å². The van der Waals surface area contributed by atoms with Gasteiger partial charge in [-0.25, -0.2) is 0 Å². The maximum atomic E-state index is 11.7. The van der Waals surface area contributed by atoms with Gasteiger partial charge in [-0.3, -0.25) is 4.79 Å². The first-order chi connectivity index (χ1) is 8.08. The number of phenolic OH excluding ortho intramolecular Hbond substituents is 1. The van der Waals surface area contributed by atoms with Gasteiger partial charge < -0.3 is 20.3 Å². The Labute approximate surface area is 100 Å². The lowest BCUT2D eigenvalue weighted by Gasteiger charge is -2.11. The van der Waals surface area contributed by atoms with Gasteiger partial charge in [0.2, 0.25) is 0 Å². The first-order valence-electron chi connectivity index (χ1n) is 5.41. The van der Waals surface area contributed by atoms with Crippen LogP contribution in [0.15, 0.2) is 18.2 Å². The average Bonchev–Trinajstić information content (AvgIpc) is 2.36. The summed E-state index contributed by atoms with van der Waals surface area (Å²) >= 11 is 0. The number of aliphatic hydroxyl groups is 1. The number of carbonyl (C=O) groups is 1. The molecule has 17 heavy (non-hydrogen) atoms. The van der Waals surface area contributed by atoms with Crippen molar-refractivity contribution in [3.05, 3.63) is 23.8 Å². The summed E-state index contributed by atoms with van der Waals surface area (Å²) in [6.45, 7) is 1.98. The number of aromatic hydroxyl groups is 1. The van der Waals surface area contributed by atoms with E-state index in [4.69, 9.17) is 4.74 Å². The predicted octanol–water partition coefficient (Wildman–Crippen LogP) is 0.902. The number of nitrogens with one attached hydrogen (secondary N) is 1. The van der Waals surface area contributed by atoms with E-state index in [-0.39, 0.29) is 17.9 Å². The third-order valence-electron chi connectivity index (χ3n) is 2.42. The second-order valence-corrected chi connectivity index (χ2v) is 3.66. The summed E-state index contributed by atoms with van der Waals surface area (Å²) in [4.78, 5) is 11.7. The molecule has 0 aliphatic heterocycles. The van der Waals surface area contributed by atoms with Gasteiger partial charge in [0.1, 0.15) is 11.5 Å². The van der Waals surface area contributed by atoms with Crippen LogP contribution in [0.2, 0.25) is 0 Å². The molecule has 0 saturated carbocycles. The van der Waals surface area contributed by atoms with Crippen molar-refractivity contribution in [1.82, 2.24) is 5.32 Å². The monoisotopic (exact) mass is 239 g/mol. The van der Waals surface area contributed by atoms with Crippen molar-refractivity contribution in [2.24, 2.45) is 0 Å². The Kier molecular flexibility index (Phi) is 4.78. The Balaban J connectivity index is 2.74. The van der Waals surface area contributed by atoms with Crippen LogP contribution >= 0.6 is 0 Å². The number of aliphatic hydroxyl groups excluding tert-OH is 1. The van der Waals surface area contributed by atoms with Crippen LogP contribution in [0.1, 0.15) is 23.7 Å². The maximum Gasteiger partial charge on any atom is 0.255 e. The molecule has 0 fully saturated rings. The molecule has 0 radical (unpaired) electrons. The van der Waals surface area contributed by atoms with E-state index in [9.17, 15) is 15.0 Å². The Bertz CT molecular complexity index is 392. The molecule has 1 rings (SSSR count). The van der Waals surface area contributed by atoms with Gasteiger partial charge in [-0.15, -0.1) is 0 Å². The van der Waals surface area contributed by atoms with Crippen LogP contribution < -0.4 is 10.1 Å². The van der Waals surface area contributed by atoms with E-state index in [1.165, 1.54) is 19.2 Å². The number of hydrogen-bond acceptors (Lipinski definition) is 4. The summed E-state index contributed by atoms with van der Waals surface area (Å²) in [7, 11) is 1.48. The normalized spacial score (nSPS) is 11.9. The lowest BCUT2D eigenvalue weighted by atomic mass is 10.1. The van der Waals surface area contributed by atoms with Gasteiger partial charge >= 0.3 is 0 Å². The molecule has 1 amide bonds. The second-order valence-electron chi connectivity index (χ2n) is 3.66. The molecule has 1 aromatic rings. The molecule has 1 unspecified atom stereocenters. The number of carbonyl (C=O) groups excluding carboxylic acids is 1. The van der Waals surface area contributed by atoms with Crippen molar-refractivity contribution >= 4 is 5.91 Å². The van der Waals surface area contributed by atoms with E-state index >= 15 is 0 Å². The Morgan fingerprint density at radius 3 is 2.82 bits per heavy atom. The van der Waals surface area contributed by atoms with Crippen molar-refractivity contribution in [2.75, 3.05) is 13.7 Å². The van der Waals surface area contributed by atoms with E-state index in [1.807, 2.05) is 6.92 Å². The fraction of sp³-hybridized carbons (Fsp3) is 0.417. The third kappa shape index (κ3) is 3.64. The van der Waals surface area contributed by atoms with Crippen LogP contribution in [0.5, 0.6) is 11.5 Å². The number of benzene rings is 1. The fourth-order valence-electron chi connectivity index (χ4n) is 1.27. The minimum atomic E-state index is -0.577. The topological polar surface area (TPSA) is 78.8 Å². The van der Waals surface area contributed by atoms with Crippen LogP contribution in [0.4, 0.5) is 0 Å². The summed E-state index contributed by atoms with van der Waals surface area (Å²) in [5.41, 5.74) is 0.132. The standard InChI is InChI=1S/C12H17NO4/c1-3-8(14)7-13-12(16)10-6-9(17-2)4-5-11(10)15/h4-6,8,14-15H,3,7H2,1-2H3,(H,13,16). The zero-order chi connectivity index (χ0) is 12.8. The molecule has 5 heteroatoms. The highest BCUT2D eigenvalue weighted by Gasteiger charge is 2.13. The van der Waals surface area contributed by atoms with Crippen molar-refractivity contribution < 1.29 is 19.7 Å². The van der Waals surface area contributed by atoms with Crippen LogP contribution in [-0.4, -0.2) is 35.9 Å². The molecule has 0 bridgehead atoms. The van der Waals surface area contributed by atoms with E-state index < -0.39 is 12.0 Å². The molecule has 1 atom stereocenters. The molecule has 0 aliphatic rings. The van der Waals surface area contributed by atoms with Crippen LogP contribution in [0.25, 0.3) is 0 Å². The Morgan fingerprint density at radius 1 is 1.53 bits per heavy atom.